The van der Waals surface area contributed by atoms with Crippen LogP contribution in [0, 0.1) is 5.92 Å². The molecule has 0 aromatic carbocycles. The number of carbonyl (C=O) groups excluding carboxylic acids is 1. The van der Waals surface area contributed by atoms with Crippen molar-refractivity contribution in [3.05, 3.63) is 18.3 Å². The number of carbonyl (C=O) groups is 1. The molecule has 2 N–H and O–H groups in total. The zero-order chi connectivity index (χ0) is 14.5. The largest absolute Gasteiger partial charge is 0.449 e. The molecule has 2 rings (SSSR count). The van der Waals surface area contributed by atoms with Crippen LogP contribution in [0.4, 0.5) is 16.3 Å². The Kier molecular flexibility index (Phi) is 4.65. The Bertz CT molecular complexity index is 439. The van der Waals surface area contributed by atoms with E-state index in [2.05, 4.69) is 9.88 Å². The average molecular weight is 278 g/mol. The molecule has 0 radical (unpaired) electrons. The Morgan fingerprint density at radius 1 is 1.35 bits per heavy atom. The van der Waals surface area contributed by atoms with Gasteiger partial charge in [0.1, 0.15) is 5.82 Å². The van der Waals surface area contributed by atoms with E-state index < -0.39 is 0 Å². The smallest absolute Gasteiger partial charge is 0.409 e. The molecule has 1 amide bonds. The number of pyridine rings is 1. The van der Waals surface area contributed by atoms with Crippen LogP contribution in [-0.2, 0) is 4.74 Å². The van der Waals surface area contributed by atoms with Gasteiger partial charge >= 0.3 is 6.09 Å². The molecule has 20 heavy (non-hydrogen) atoms. The Hall–Kier alpha value is -1.98. The van der Waals surface area contributed by atoms with Gasteiger partial charge in [0.25, 0.3) is 0 Å². The average Bonchev–Trinajstić information content (AvgIpc) is 2.46. The lowest BCUT2D eigenvalue weighted by molar-refractivity contribution is 0.0901. The molecule has 1 fully saturated rings. The van der Waals surface area contributed by atoms with E-state index >= 15 is 0 Å². The Balaban J connectivity index is 1.83. The van der Waals surface area contributed by atoms with Crippen LogP contribution in [0.3, 0.4) is 0 Å². The number of hydrogen-bond donors (Lipinski definition) is 1. The summed E-state index contributed by atoms with van der Waals surface area (Å²) in [5.41, 5.74) is 6.61. The molecule has 1 aliphatic heterocycles. The van der Waals surface area contributed by atoms with Crippen molar-refractivity contribution in [3.8, 4) is 0 Å². The summed E-state index contributed by atoms with van der Waals surface area (Å²) < 4.78 is 5.24. The number of aromatic nitrogens is 1. The van der Waals surface area contributed by atoms with Crippen molar-refractivity contribution < 1.29 is 9.53 Å². The highest BCUT2D eigenvalue weighted by Gasteiger charge is 2.22. The molecule has 0 unspecified atom stereocenters. The van der Waals surface area contributed by atoms with Gasteiger partial charge in [0.15, 0.2) is 0 Å². The number of amides is 1. The molecule has 0 spiro atoms. The van der Waals surface area contributed by atoms with Crippen LogP contribution in [0.1, 0.15) is 13.8 Å². The van der Waals surface area contributed by atoms with Crippen LogP contribution in [0.25, 0.3) is 0 Å². The van der Waals surface area contributed by atoms with Gasteiger partial charge < -0.3 is 20.3 Å². The predicted octanol–water partition coefficient (Wildman–Crippen LogP) is 1.58. The summed E-state index contributed by atoms with van der Waals surface area (Å²) >= 11 is 0. The van der Waals surface area contributed by atoms with Crippen LogP contribution in [-0.4, -0.2) is 48.8 Å². The zero-order valence-electron chi connectivity index (χ0n) is 12.1. The summed E-state index contributed by atoms with van der Waals surface area (Å²) in [4.78, 5) is 19.9. The molecule has 1 aromatic heterocycles. The Labute approximate surface area is 119 Å². The van der Waals surface area contributed by atoms with Crippen molar-refractivity contribution in [2.45, 2.75) is 13.8 Å². The molecule has 1 saturated heterocycles. The topological polar surface area (TPSA) is 71.7 Å². The molecule has 2 heterocycles. The minimum absolute atomic E-state index is 0.214. The van der Waals surface area contributed by atoms with Crippen molar-refractivity contribution in [2.24, 2.45) is 5.92 Å². The third-order valence-corrected chi connectivity index (χ3v) is 3.21. The van der Waals surface area contributed by atoms with Crippen molar-refractivity contribution >= 4 is 17.6 Å². The number of piperazine rings is 1. The number of hydrogen-bond acceptors (Lipinski definition) is 5. The van der Waals surface area contributed by atoms with Crippen LogP contribution < -0.4 is 10.6 Å². The number of nitrogens with two attached hydrogens (primary N) is 1. The van der Waals surface area contributed by atoms with Crippen LogP contribution >= 0.6 is 0 Å². The molecule has 110 valence electrons. The molecule has 0 saturated carbocycles. The summed E-state index contributed by atoms with van der Waals surface area (Å²) in [6.45, 7) is 7.42. The van der Waals surface area contributed by atoms with Crippen molar-refractivity contribution in [2.75, 3.05) is 43.4 Å². The SMILES string of the molecule is CC(C)COC(=O)N1CCN(c2ccc(N)nc2)CC1. The maximum Gasteiger partial charge on any atom is 0.409 e. The maximum atomic E-state index is 11.8. The van der Waals surface area contributed by atoms with Crippen LogP contribution in [0.5, 0.6) is 0 Å². The lowest BCUT2D eigenvalue weighted by Gasteiger charge is -2.35. The van der Waals surface area contributed by atoms with Gasteiger partial charge in [-0.3, -0.25) is 0 Å². The number of anilines is 2. The summed E-state index contributed by atoms with van der Waals surface area (Å²) in [5.74, 6) is 0.880. The second-order valence-corrected chi connectivity index (χ2v) is 5.39. The molecule has 1 aliphatic rings. The van der Waals surface area contributed by atoms with E-state index in [1.165, 1.54) is 0 Å². The summed E-state index contributed by atoms with van der Waals surface area (Å²) in [7, 11) is 0. The second-order valence-electron chi connectivity index (χ2n) is 5.39. The van der Waals surface area contributed by atoms with Gasteiger partial charge in [-0.15, -0.1) is 0 Å². The highest BCUT2D eigenvalue weighted by atomic mass is 16.6. The lowest BCUT2D eigenvalue weighted by Crippen LogP contribution is -2.49. The normalized spacial score (nSPS) is 15.6. The van der Waals surface area contributed by atoms with E-state index in [-0.39, 0.29) is 6.09 Å². The van der Waals surface area contributed by atoms with Crippen LogP contribution in [0.15, 0.2) is 18.3 Å². The first-order chi connectivity index (χ1) is 9.56. The summed E-state index contributed by atoms with van der Waals surface area (Å²) in [5, 5.41) is 0. The zero-order valence-corrected chi connectivity index (χ0v) is 12.1. The quantitative estimate of drug-likeness (QED) is 0.909. The second kappa shape index (κ2) is 6.45. The van der Waals surface area contributed by atoms with E-state index in [0.717, 1.165) is 18.8 Å². The van der Waals surface area contributed by atoms with Crippen molar-refractivity contribution in [1.82, 2.24) is 9.88 Å². The fourth-order valence-electron chi connectivity index (χ4n) is 2.06. The highest BCUT2D eigenvalue weighted by molar-refractivity contribution is 5.68. The van der Waals surface area contributed by atoms with Gasteiger partial charge in [0.05, 0.1) is 18.5 Å². The van der Waals surface area contributed by atoms with Gasteiger partial charge in [0, 0.05) is 26.2 Å². The van der Waals surface area contributed by atoms with Gasteiger partial charge in [-0.25, -0.2) is 9.78 Å². The van der Waals surface area contributed by atoms with E-state index in [0.29, 0.717) is 31.4 Å². The lowest BCUT2D eigenvalue weighted by atomic mass is 10.2. The number of rotatable bonds is 3. The monoisotopic (exact) mass is 278 g/mol. The first kappa shape index (κ1) is 14.4. The molecule has 6 heteroatoms. The third kappa shape index (κ3) is 3.76. The first-order valence-corrected chi connectivity index (χ1v) is 6.94. The van der Waals surface area contributed by atoms with Gasteiger partial charge in [-0.05, 0) is 18.1 Å². The minimum atomic E-state index is -0.214. The van der Waals surface area contributed by atoms with Crippen molar-refractivity contribution in [1.29, 1.82) is 0 Å². The standard InChI is InChI=1S/C14H22N4O2/c1-11(2)10-20-14(19)18-7-5-17(6-8-18)12-3-4-13(15)16-9-12/h3-4,9,11H,5-8,10H2,1-2H3,(H2,15,16). The number of nitrogen functional groups attached to an aromatic ring is 1. The number of nitrogens with zero attached hydrogens (tertiary/aromatic N) is 3. The van der Waals surface area contributed by atoms with Crippen molar-refractivity contribution in [3.63, 3.8) is 0 Å². The summed E-state index contributed by atoms with van der Waals surface area (Å²) in [6.07, 6.45) is 1.55. The molecule has 6 nitrogen and oxygen atoms in total. The Morgan fingerprint density at radius 2 is 2.05 bits per heavy atom. The molecular formula is C14H22N4O2. The van der Waals surface area contributed by atoms with Gasteiger partial charge in [-0.1, -0.05) is 13.8 Å². The van der Waals surface area contributed by atoms with Gasteiger partial charge in [0.2, 0.25) is 0 Å². The highest BCUT2D eigenvalue weighted by Crippen LogP contribution is 2.16. The van der Waals surface area contributed by atoms with Gasteiger partial charge in [-0.2, -0.15) is 0 Å². The van der Waals surface area contributed by atoms with Crippen LogP contribution in [0.2, 0.25) is 0 Å². The number of ether oxygens (including phenoxy) is 1. The fourth-order valence-corrected chi connectivity index (χ4v) is 2.06. The predicted molar refractivity (Wildman–Crippen MR) is 78.6 cm³/mol. The molecule has 1 aromatic rings. The third-order valence-electron chi connectivity index (χ3n) is 3.21. The summed E-state index contributed by atoms with van der Waals surface area (Å²) in [6, 6.07) is 3.74. The first-order valence-electron chi connectivity index (χ1n) is 6.94. The van der Waals surface area contributed by atoms with E-state index in [9.17, 15) is 4.79 Å². The minimum Gasteiger partial charge on any atom is -0.449 e. The van der Waals surface area contributed by atoms with E-state index in [4.69, 9.17) is 10.5 Å². The molecule has 0 atom stereocenters. The molecule has 0 aliphatic carbocycles. The van der Waals surface area contributed by atoms with E-state index in [1.807, 2.05) is 19.9 Å². The molecule has 0 bridgehead atoms. The van der Waals surface area contributed by atoms with E-state index in [1.54, 1.807) is 17.2 Å². The molecular weight excluding hydrogens is 256 g/mol. The maximum absolute atomic E-state index is 11.8. The Morgan fingerprint density at radius 3 is 2.60 bits per heavy atom. The fraction of sp³-hybridized carbons (Fsp3) is 0.571.